The first-order chi connectivity index (χ1) is 10.9. The number of nitrogens with zero attached hydrogens (tertiary/aromatic N) is 1. The van der Waals surface area contributed by atoms with Gasteiger partial charge in [-0.3, -0.25) is 4.79 Å². The molecule has 23 heavy (non-hydrogen) atoms. The summed E-state index contributed by atoms with van der Waals surface area (Å²) in [5, 5.41) is 0. The monoisotopic (exact) mass is 335 g/mol. The van der Waals surface area contributed by atoms with E-state index in [1.807, 2.05) is 4.90 Å². The summed E-state index contributed by atoms with van der Waals surface area (Å²) < 4.78 is 22.7. The zero-order valence-electron chi connectivity index (χ0n) is 13.7. The second-order valence-electron chi connectivity index (χ2n) is 7.11. The van der Waals surface area contributed by atoms with E-state index in [4.69, 9.17) is 0 Å². The highest BCUT2D eigenvalue weighted by atomic mass is 32.2. The molecule has 2 fully saturated rings. The molecule has 1 heterocycles. The average Bonchev–Trinajstić information content (AvgIpc) is 2.53. The predicted molar refractivity (Wildman–Crippen MR) is 91.0 cm³/mol. The summed E-state index contributed by atoms with van der Waals surface area (Å²) in [6, 6.07) is 7.02. The summed E-state index contributed by atoms with van der Waals surface area (Å²) in [5.74, 6) is 1.59. The van der Waals surface area contributed by atoms with E-state index in [1.54, 1.807) is 24.3 Å². The van der Waals surface area contributed by atoms with Crippen LogP contribution in [0.4, 0.5) is 0 Å². The van der Waals surface area contributed by atoms with Gasteiger partial charge in [0.05, 0.1) is 5.75 Å². The number of carbonyl (C=O) groups excluding carboxylic acids is 1. The summed E-state index contributed by atoms with van der Waals surface area (Å²) in [4.78, 5) is 14.7. The molecule has 1 aliphatic carbocycles. The van der Waals surface area contributed by atoms with Gasteiger partial charge in [-0.05, 0) is 42.4 Å². The number of fused-ring (bicyclic) bond motifs is 1. The molecule has 0 bridgehead atoms. The largest absolute Gasteiger partial charge is 0.338 e. The smallest absolute Gasteiger partial charge is 0.253 e. The lowest BCUT2D eigenvalue weighted by atomic mass is 9.75. The van der Waals surface area contributed by atoms with Crippen LogP contribution in [0.2, 0.25) is 0 Å². The third-order valence-electron chi connectivity index (χ3n) is 5.21. The van der Waals surface area contributed by atoms with Crippen molar-refractivity contribution in [2.75, 3.05) is 19.3 Å². The molecule has 4 nitrogen and oxygen atoms in total. The van der Waals surface area contributed by atoms with Crippen molar-refractivity contribution in [2.24, 2.45) is 11.8 Å². The van der Waals surface area contributed by atoms with Crippen LogP contribution in [0, 0.1) is 11.8 Å². The number of hydrogen-bond donors (Lipinski definition) is 0. The number of piperidine rings is 1. The minimum Gasteiger partial charge on any atom is -0.338 e. The molecule has 0 aromatic heterocycles. The molecule has 0 N–H and O–H groups in total. The Kier molecular flexibility index (Phi) is 4.76. The van der Waals surface area contributed by atoms with Gasteiger partial charge in [-0.2, -0.15) is 0 Å². The summed E-state index contributed by atoms with van der Waals surface area (Å²) in [5.41, 5.74) is 1.39. The van der Waals surface area contributed by atoms with Crippen molar-refractivity contribution in [2.45, 2.75) is 37.9 Å². The van der Waals surface area contributed by atoms with Crippen LogP contribution in [0.25, 0.3) is 0 Å². The summed E-state index contributed by atoms with van der Waals surface area (Å²) in [6.07, 6.45) is 7.57. The van der Waals surface area contributed by atoms with Crippen molar-refractivity contribution >= 4 is 15.7 Å². The lowest BCUT2D eigenvalue weighted by molar-refractivity contribution is 0.0521. The van der Waals surface area contributed by atoms with Gasteiger partial charge in [0, 0.05) is 24.9 Å². The van der Waals surface area contributed by atoms with Crippen LogP contribution in [0.3, 0.4) is 0 Å². The van der Waals surface area contributed by atoms with E-state index in [0.29, 0.717) is 11.5 Å². The van der Waals surface area contributed by atoms with E-state index in [1.165, 1.54) is 31.9 Å². The quantitative estimate of drug-likeness (QED) is 0.853. The molecule has 1 aliphatic heterocycles. The van der Waals surface area contributed by atoms with Gasteiger partial charge in [-0.15, -0.1) is 0 Å². The second kappa shape index (κ2) is 6.63. The van der Waals surface area contributed by atoms with E-state index < -0.39 is 9.84 Å². The predicted octanol–water partition coefficient (Wildman–Crippen LogP) is 2.88. The summed E-state index contributed by atoms with van der Waals surface area (Å²) in [7, 11) is -3.04. The average molecular weight is 335 g/mol. The van der Waals surface area contributed by atoms with Gasteiger partial charge in [-0.1, -0.05) is 31.4 Å². The van der Waals surface area contributed by atoms with Crippen molar-refractivity contribution < 1.29 is 13.2 Å². The Hall–Kier alpha value is -1.36. The van der Waals surface area contributed by atoms with E-state index in [0.717, 1.165) is 31.0 Å². The molecule has 1 saturated carbocycles. The molecule has 1 aromatic carbocycles. The maximum Gasteiger partial charge on any atom is 0.253 e. The van der Waals surface area contributed by atoms with Crippen LogP contribution >= 0.6 is 0 Å². The first kappa shape index (κ1) is 16.5. The number of carbonyl (C=O) groups is 1. The first-order valence-electron chi connectivity index (χ1n) is 8.48. The fraction of sp³-hybridized carbons (Fsp3) is 0.611. The van der Waals surface area contributed by atoms with Crippen LogP contribution in [0.15, 0.2) is 24.3 Å². The molecule has 3 rings (SSSR count). The Bertz CT molecular complexity index is 666. The minimum atomic E-state index is -3.04. The molecular weight excluding hydrogens is 310 g/mol. The summed E-state index contributed by atoms with van der Waals surface area (Å²) in [6.45, 7) is 1.74. The lowest BCUT2D eigenvalue weighted by Gasteiger charge is -2.41. The topological polar surface area (TPSA) is 54.5 Å². The number of rotatable bonds is 3. The van der Waals surface area contributed by atoms with E-state index in [2.05, 4.69) is 0 Å². The van der Waals surface area contributed by atoms with E-state index in [9.17, 15) is 13.2 Å². The Morgan fingerprint density at radius 2 is 1.74 bits per heavy atom. The number of amides is 1. The van der Waals surface area contributed by atoms with Gasteiger partial charge in [0.25, 0.3) is 5.91 Å². The fourth-order valence-corrected chi connectivity index (χ4v) is 4.81. The molecule has 2 aliphatic rings. The Morgan fingerprint density at radius 1 is 1.09 bits per heavy atom. The SMILES string of the molecule is CS(=O)(=O)Cc1ccc(C(=O)N2CC[C@@H]3CCCC[C@@H]3C2)cc1. The zero-order chi connectivity index (χ0) is 16.4. The molecule has 2 atom stereocenters. The van der Waals surface area contributed by atoms with Crippen LogP contribution in [-0.2, 0) is 15.6 Å². The van der Waals surface area contributed by atoms with Gasteiger partial charge in [0.15, 0.2) is 9.84 Å². The molecule has 0 spiro atoms. The van der Waals surface area contributed by atoms with Gasteiger partial charge < -0.3 is 4.90 Å². The van der Waals surface area contributed by atoms with Crippen LogP contribution in [0.1, 0.15) is 48.0 Å². The summed E-state index contributed by atoms with van der Waals surface area (Å²) >= 11 is 0. The van der Waals surface area contributed by atoms with Crippen molar-refractivity contribution in [1.29, 1.82) is 0 Å². The normalized spacial score (nSPS) is 25.0. The number of hydrogen-bond acceptors (Lipinski definition) is 3. The van der Waals surface area contributed by atoms with Gasteiger partial charge in [-0.25, -0.2) is 8.42 Å². The van der Waals surface area contributed by atoms with Crippen molar-refractivity contribution in [3.63, 3.8) is 0 Å². The third kappa shape index (κ3) is 4.14. The van der Waals surface area contributed by atoms with Crippen LogP contribution in [-0.4, -0.2) is 38.6 Å². The third-order valence-corrected chi connectivity index (χ3v) is 6.07. The zero-order valence-corrected chi connectivity index (χ0v) is 14.5. The van der Waals surface area contributed by atoms with Crippen molar-refractivity contribution in [1.82, 2.24) is 4.90 Å². The molecular formula is C18H25NO3S. The lowest BCUT2D eigenvalue weighted by Crippen LogP contribution is -2.44. The van der Waals surface area contributed by atoms with Crippen molar-refractivity contribution in [3.8, 4) is 0 Å². The molecule has 126 valence electrons. The molecule has 1 amide bonds. The van der Waals surface area contributed by atoms with Gasteiger partial charge in [0.1, 0.15) is 0 Å². The Labute approximate surface area is 138 Å². The maximum absolute atomic E-state index is 12.7. The molecule has 0 unspecified atom stereocenters. The Morgan fingerprint density at radius 3 is 2.39 bits per heavy atom. The molecule has 1 aromatic rings. The van der Waals surface area contributed by atoms with Gasteiger partial charge >= 0.3 is 0 Å². The standard InChI is InChI=1S/C18H25NO3S/c1-23(21,22)13-14-6-8-16(9-7-14)18(20)19-11-10-15-4-2-3-5-17(15)12-19/h6-9,15,17H,2-5,10-13H2,1H3/t15-,17+/m0/s1. The molecule has 0 radical (unpaired) electrons. The van der Waals surface area contributed by atoms with Crippen LogP contribution in [0.5, 0.6) is 0 Å². The second-order valence-corrected chi connectivity index (χ2v) is 9.25. The van der Waals surface area contributed by atoms with E-state index in [-0.39, 0.29) is 11.7 Å². The molecule has 5 heteroatoms. The Balaban J connectivity index is 1.66. The highest BCUT2D eigenvalue weighted by molar-refractivity contribution is 7.89. The van der Waals surface area contributed by atoms with Crippen LogP contribution < -0.4 is 0 Å². The minimum absolute atomic E-state index is 0.0228. The van der Waals surface area contributed by atoms with E-state index >= 15 is 0 Å². The first-order valence-corrected chi connectivity index (χ1v) is 10.5. The number of sulfone groups is 1. The molecule has 1 saturated heterocycles. The number of likely N-dealkylation sites (tertiary alicyclic amines) is 1. The maximum atomic E-state index is 12.7. The highest BCUT2D eigenvalue weighted by Gasteiger charge is 2.33. The fourth-order valence-electron chi connectivity index (χ4n) is 4.01. The number of benzene rings is 1. The van der Waals surface area contributed by atoms with Gasteiger partial charge in [0.2, 0.25) is 0 Å². The highest BCUT2D eigenvalue weighted by Crippen LogP contribution is 2.36. The van der Waals surface area contributed by atoms with Crippen molar-refractivity contribution in [3.05, 3.63) is 35.4 Å².